The van der Waals surface area contributed by atoms with E-state index >= 15 is 0 Å². The molecular weight excluding hydrogens is 2240 g/mol. The van der Waals surface area contributed by atoms with E-state index < -0.39 is 5.97 Å². The minimum atomic E-state index is -0.877. The van der Waals surface area contributed by atoms with E-state index in [1.807, 2.05) is 37.4 Å². The fraction of sp³-hybridized carbons (Fsp3) is 0.786. The highest BCUT2D eigenvalue weighted by molar-refractivity contribution is 14.1. The first-order valence-corrected chi connectivity index (χ1v) is 52.9. The second kappa shape index (κ2) is 105. The quantitative estimate of drug-likeness (QED) is 0.0330. The van der Waals surface area contributed by atoms with E-state index in [0.29, 0.717) is 499 Å². The second-order valence-corrected chi connectivity index (χ2v) is 33.8. The van der Waals surface area contributed by atoms with Crippen molar-refractivity contribution < 1.29 is 190 Å². The Kier molecular flexibility index (Phi) is 97.2. The molecule has 1 N–H and O–H groups in total. The van der Waals surface area contributed by atoms with Gasteiger partial charge in [0.2, 0.25) is 0 Å². The van der Waals surface area contributed by atoms with Crippen molar-refractivity contribution in [3.63, 3.8) is 0 Å². The van der Waals surface area contributed by atoms with Crippen molar-refractivity contribution in [1.82, 2.24) is 15.0 Å². The Morgan fingerprint density at radius 3 is 0.660 bits per heavy atom. The van der Waals surface area contributed by atoms with Crippen LogP contribution in [0.15, 0.2) is 54.7 Å². The minimum absolute atomic E-state index is 0.0459. The highest BCUT2D eigenvalue weighted by Crippen LogP contribution is 2.37. The SMILES string of the molecule is Cc1ccc(COCCOCCOCCOCCOCCOCCOCCOCCOCCOCCOCCOCCOCCOCCOCCOCCOCCOCCOCCOCCOCCOCCOCCOCCOCCOCCOCCOCCOCCOCCOCCOCCOCCOCCOCCOCCn2cc(COc3c(C)cc(Oc4c(I)cc(CC(=O)O)cc4I)cc3I)nn2)cc1. The van der Waals surface area contributed by atoms with Crippen LogP contribution in [0.3, 0.4) is 0 Å². The molecule has 0 aliphatic carbocycles. The average molecular weight is 2410 g/mol. The molecule has 0 spiro atoms. The summed E-state index contributed by atoms with van der Waals surface area (Å²) in [6.45, 7) is 39.2. The van der Waals surface area contributed by atoms with E-state index in [2.05, 4.69) is 109 Å². The van der Waals surface area contributed by atoms with Gasteiger partial charge in [0, 0.05) is 0 Å². The van der Waals surface area contributed by atoms with Gasteiger partial charge in [-0.15, -0.1) is 5.10 Å². The molecule has 0 aliphatic heterocycles. The average Bonchev–Trinajstić information content (AvgIpc) is 0.920. The highest BCUT2D eigenvalue weighted by atomic mass is 127. The minimum Gasteiger partial charge on any atom is -0.486 e. The first-order valence-electron chi connectivity index (χ1n) is 49.7. The summed E-state index contributed by atoms with van der Waals surface area (Å²) in [5.41, 5.74) is 4.71. The van der Waals surface area contributed by atoms with Crippen LogP contribution in [0.1, 0.15) is 27.9 Å². The van der Waals surface area contributed by atoms with Crippen LogP contribution in [-0.2, 0) is 202 Å². The molecule has 0 saturated heterocycles. The van der Waals surface area contributed by atoms with E-state index in [4.69, 9.17) is 180 Å². The molecule has 0 unspecified atom stereocenters. The van der Waals surface area contributed by atoms with Gasteiger partial charge in [-0.3, -0.25) is 4.79 Å². The monoisotopic (exact) mass is 2410 g/mol. The normalized spacial score (nSPS) is 11.7. The number of hydrogen-bond acceptors (Lipinski definition) is 41. The van der Waals surface area contributed by atoms with Gasteiger partial charge in [-0.2, -0.15) is 0 Å². The lowest BCUT2D eigenvalue weighted by molar-refractivity contribution is -0.136. The number of aromatic nitrogens is 3. The van der Waals surface area contributed by atoms with E-state index in [1.165, 1.54) is 5.56 Å². The molecule has 834 valence electrons. The molecule has 1 heterocycles. The number of aliphatic carboxylic acids is 1. The first kappa shape index (κ1) is 133. The van der Waals surface area contributed by atoms with E-state index in [0.717, 1.165) is 33.2 Å². The topological polar surface area (TPSA) is 419 Å². The molecule has 0 aliphatic rings. The molecule has 0 saturated carbocycles. The molecular formula is C98H166I3N3O40. The molecule has 4 aromatic rings. The predicted molar refractivity (Wildman–Crippen MR) is 551 cm³/mol. The summed E-state index contributed by atoms with van der Waals surface area (Å²) in [7, 11) is 0. The smallest absolute Gasteiger partial charge is 0.307 e. The van der Waals surface area contributed by atoms with Crippen molar-refractivity contribution in [1.29, 1.82) is 0 Å². The third-order valence-corrected chi connectivity index (χ3v) is 21.1. The van der Waals surface area contributed by atoms with Gasteiger partial charge < -0.3 is 185 Å². The van der Waals surface area contributed by atoms with Crippen molar-refractivity contribution in [2.75, 3.05) is 469 Å². The Morgan fingerprint density at radius 1 is 0.250 bits per heavy atom. The molecule has 3 aromatic carbocycles. The molecule has 0 atom stereocenters. The van der Waals surface area contributed by atoms with Crippen LogP contribution >= 0.6 is 67.8 Å². The zero-order valence-corrected chi connectivity index (χ0v) is 91.5. The summed E-state index contributed by atoms with van der Waals surface area (Å²) in [5.74, 6) is 1.19. The molecule has 0 bridgehead atoms. The van der Waals surface area contributed by atoms with Gasteiger partial charge in [-0.05, 0) is 123 Å². The summed E-state index contributed by atoms with van der Waals surface area (Å²) < 4.78 is 217. The molecule has 0 radical (unpaired) electrons. The van der Waals surface area contributed by atoms with Crippen molar-refractivity contribution >= 4 is 73.7 Å². The lowest BCUT2D eigenvalue weighted by Gasteiger charge is -2.15. The van der Waals surface area contributed by atoms with Crippen LogP contribution in [0.5, 0.6) is 17.2 Å². The molecule has 43 nitrogen and oxygen atoms in total. The third-order valence-electron chi connectivity index (χ3n) is 18.7. The molecule has 144 heavy (non-hydrogen) atoms. The molecule has 0 amide bonds. The van der Waals surface area contributed by atoms with E-state index in [9.17, 15) is 9.90 Å². The lowest BCUT2D eigenvalue weighted by Crippen LogP contribution is -2.16. The Hall–Kier alpha value is -3.38. The Bertz CT molecular complexity index is 3330. The van der Waals surface area contributed by atoms with Gasteiger partial charge >= 0.3 is 5.97 Å². The summed E-state index contributed by atoms with van der Waals surface area (Å²) in [6, 6.07) is 15.8. The van der Waals surface area contributed by atoms with Crippen molar-refractivity contribution in [3.05, 3.63) is 93.4 Å². The van der Waals surface area contributed by atoms with Gasteiger partial charge in [0.1, 0.15) is 23.8 Å². The lowest BCUT2D eigenvalue weighted by atomic mass is 10.1. The number of nitrogens with zero attached hydrogens (tertiary/aromatic N) is 3. The maximum Gasteiger partial charge on any atom is 0.307 e. The molecule has 0 fully saturated rings. The Balaban J connectivity index is 0.683. The maximum atomic E-state index is 11.2. The van der Waals surface area contributed by atoms with E-state index in [-0.39, 0.29) is 13.0 Å². The zero-order chi connectivity index (χ0) is 102. The Labute approximate surface area is 892 Å². The van der Waals surface area contributed by atoms with Crippen molar-refractivity contribution in [2.24, 2.45) is 0 Å². The van der Waals surface area contributed by atoms with Crippen molar-refractivity contribution in [2.45, 2.75) is 40.0 Å². The number of carboxylic acids is 1. The third kappa shape index (κ3) is 88.1. The van der Waals surface area contributed by atoms with Gasteiger partial charge in [0.15, 0.2) is 5.75 Å². The standard InChI is InChI=1S/C98H166I3N3O40/c1-87-3-5-89(6-4-87)85-142-78-77-141-76-75-140-74-73-139-72-71-138-70-69-137-68-67-136-66-65-135-64-63-134-62-61-133-60-59-132-58-57-131-56-55-130-54-53-129-52-51-128-50-49-127-48-47-126-46-45-125-44-43-124-42-41-123-40-39-122-38-37-121-36-35-120-34-33-119-32-31-118-30-29-117-28-27-116-26-25-115-24-23-114-22-21-113-20-19-112-18-17-111-16-15-110-14-13-109-12-11-108-10-9-107-8-7-104-84-91(102-103-104)86-143-97-88(2)79-92(83-95(97)101)144-98-93(99)80-90(81-94(98)100)82-96(105)106/h3-6,79-81,83-84H,7-78,82,85-86H2,1-2H3,(H,105,106). The van der Waals surface area contributed by atoms with Gasteiger partial charge in [0.25, 0.3) is 0 Å². The number of hydrogen-bond donors (Lipinski definition) is 1. The number of halogens is 3. The highest BCUT2D eigenvalue weighted by Gasteiger charge is 2.17. The van der Waals surface area contributed by atoms with Crippen LogP contribution in [0.2, 0.25) is 0 Å². The van der Waals surface area contributed by atoms with Crippen molar-refractivity contribution in [3.8, 4) is 17.2 Å². The summed E-state index contributed by atoms with van der Waals surface area (Å²) in [6.07, 6.45) is 1.79. The maximum absolute atomic E-state index is 11.2. The Morgan fingerprint density at radius 2 is 0.451 bits per heavy atom. The number of benzene rings is 3. The number of aryl methyl sites for hydroxylation is 2. The van der Waals surface area contributed by atoms with E-state index in [1.54, 1.807) is 4.68 Å². The summed E-state index contributed by atoms with van der Waals surface area (Å²) in [4.78, 5) is 11.2. The van der Waals surface area contributed by atoms with Crippen LogP contribution in [0, 0.1) is 24.6 Å². The molecule has 4 rings (SSSR count). The fourth-order valence-electron chi connectivity index (χ4n) is 11.4. The van der Waals surface area contributed by atoms with Crippen LogP contribution in [0.25, 0.3) is 0 Å². The largest absolute Gasteiger partial charge is 0.486 e. The predicted octanol–water partition coefficient (Wildman–Crippen LogP) is 7.50. The second-order valence-electron chi connectivity index (χ2n) is 30.3. The zero-order valence-electron chi connectivity index (χ0n) is 85.1. The van der Waals surface area contributed by atoms with Crippen LogP contribution in [0.4, 0.5) is 0 Å². The van der Waals surface area contributed by atoms with Crippen LogP contribution < -0.4 is 9.47 Å². The summed E-state index contributed by atoms with van der Waals surface area (Å²) >= 11 is 6.56. The van der Waals surface area contributed by atoms with Gasteiger partial charge in [-0.25, -0.2) is 4.68 Å². The number of rotatable bonds is 117. The summed E-state index contributed by atoms with van der Waals surface area (Å²) in [5, 5.41) is 17.6. The number of carboxylic acid groups (broad SMARTS) is 1. The van der Waals surface area contributed by atoms with Gasteiger partial charge in [-0.1, -0.05) is 35.0 Å². The fourth-order valence-corrected chi connectivity index (χ4v) is 14.4. The number of ether oxygens (including phenoxy) is 38. The van der Waals surface area contributed by atoms with Crippen LogP contribution in [-0.4, -0.2) is 495 Å². The number of carbonyl (C=O) groups is 1. The molecule has 46 heteroatoms. The first-order chi connectivity index (χ1) is 71.2. The molecule has 1 aromatic heterocycles. The van der Waals surface area contributed by atoms with Gasteiger partial charge in [0.05, 0.1) is 506 Å².